The molecule has 0 aliphatic heterocycles. The molecule has 0 atom stereocenters. The van der Waals surface area contributed by atoms with E-state index in [9.17, 15) is 4.79 Å². The van der Waals surface area contributed by atoms with Crippen molar-refractivity contribution in [3.8, 4) is 0 Å². The van der Waals surface area contributed by atoms with Gasteiger partial charge in [0.2, 0.25) is 0 Å². The molecule has 2 aromatic rings. The Morgan fingerprint density at radius 2 is 1.21 bits per heavy atom. The van der Waals surface area contributed by atoms with Crippen molar-refractivity contribution in [1.82, 2.24) is 0 Å². The normalized spacial score (nSPS) is 15.0. The van der Waals surface area contributed by atoms with E-state index in [-0.39, 0.29) is 26.7 Å². The van der Waals surface area contributed by atoms with Crippen LogP contribution in [0.1, 0.15) is 47.1 Å². The zero-order valence-electron chi connectivity index (χ0n) is 19.9. The number of carbonyl (C=O) groups excluding carboxylic acids is 1. The first-order valence-electron chi connectivity index (χ1n) is 10.7. The van der Waals surface area contributed by atoms with Gasteiger partial charge < -0.3 is 0 Å². The molecule has 0 saturated carbocycles. The van der Waals surface area contributed by atoms with E-state index in [1.54, 1.807) is 24.3 Å². The first-order valence-corrected chi connectivity index (χ1v) is 12.2. The summed E-state index contributed by atoms with van der Waals surface area (Å²) in [5, 5.41) is 10.5. The van der Waals surface area contributed by atoms with Gasteiger partial charge in [0.05, 0.1) is 10.0 Å². The van der Waals surface area contributed by atoms with Gasteiger partial charge in [-0.05, 0) is 47.2 Å². The smallest absolute Gasteiger partial charge is 0.186 e. The quantitative estimate of drug-likeness (QED) is 0.360. The molecule has 0 unspecified atom stereocenters. The SMILES string of the molecule is CC(C)(C)C1=CC(=C(N=Nc2c(Cl)cc(Cl)cc2Cl)c2ccc(Cl)cc2)C=C(C(C)(C)C)C1=O. The van der Waals surface area contributed by atoms with Gasteiger partial charge in [0, 0.05) is 32.3 Å². The Hall–Kier alpha value is -1.91. The van der Waals surface area contributed by atoms with Crippen LogP contribution in [0.3, 0.4) is 0 Å². The lowest BCUT2D eigenvalue weighted by Crippen LogP contribution is -2.28. The lowest BCUT2D eigenvalue weighted by Gasteiger charge is -2.31. The third-order valence-electron chi connectivity index (χ3n) is 5.33. The number of halogens is 4. The van der Waals surface area contributed by atoms with Gasteiger partial charge >= 0.3 is 0 Å². The highest BCUT2D eigenvalue weighted by Crippen LogP contribution is 2.42. The molecule has 0 heterocycles. The molecule has 7 heteroatoms. The molecule has 34 heavy (non-hydrogen) atoms. The molecule has 0 fully saturated rings. The summed E-state index contributed by atoms with van der Waals surface area (Å²) < 4.78 is 0. The van der Waals surface area contributed by atoms with E-state index in [0.717, 1.165) is 11.1 Å². The van der Waals surface area contributed by atoms with E-state index in [2.05, 4.69) is 10.2 Å². The van der Waals surface area contributed by atoms with Crippen LogP contribution in [0, 0.1) is 10.8 Å². The van der Waals surface area contributed by atoms with Gasteiger partial charge in [-0.3, -0.25) is 4.79 Å². The van der Waals surface area contributed by atoms with Crippen LogP contribution >= 0.6 is 46.4 Å². The number of Topliss-reactive ketones (excluding diaryl/α,β-unsaturated/α-hetero) is 1. The minimum absolute atomic E-state index is 0.0416. The molecular formula is C27H26Cl4N2O. The Kier molecular flexibility index (Phi) is 7.84. The fourth-order valence-electron chi connectivity index (χ4n) is 3.50. The summed E-state index contributed by atoms with van der Waals surface area (Å²) >= 11 is 24.8. The van der Waals surface area contributed by atoms with Crippen molar-refractivity contribution in [2.24, 2.45) is 21.1 Å². The summed E-state index contributed by atoms with van der Waals surface area (Å²) in [6.45, 7) is 12.1. The first kappa shape index (κ1) is 26.7. The summed E-state index contributed by atoms with van der Waals surface area (Å²) in [5.41, 5.74) is 3.12. The molecule has 1 aliphatic rings. The summed E-state index contributed by atoms with van der Waals surface area (Å²) in [7, 11) is 0. The molecule has 0 saturated heterocycles. The number of carbonyl (C=O) groups is 1. The molecule has 1 aliphatic carbocycles. The molecular weight excluding hydrogens is 510 g/mol. The first-order chi connectivity index (χ1) is 15.7. The number of benzene rings is 2. The van der Waals surface area contributed by atoms with Crippen molar-refractivity contribution >= 4 is 63.6 Å². The van der Waals surface area contributed by atoms with Crippen molar-refractivity contribution in [3.05, 3.63) is 90.9 Å². The minimum atomic E-state index is -0.363. The number of rotatable bonds is 3. The standard InChI is InChI=1S/C27H26Cl4N2O/c1-26(2,3)19-11-16(12-20(25(19)34)27(4,5)6)23(15-7-9-17(28)10-8-15)32-33-24-21(30)13-18(29)14-22(24)31/h7-14H,1-6H3. The maximum absolute atomic E-state index is 13.4. The second-order valence-electron chi connectivity index (χ2n) is 10.2. The Balaban J connectivity index is 2.33. The monoisotopic (exact) mass is 534 g/mol. The molecule has 0 radical (unpaired) electrons. The lowest BCUT2D eigenvalue weighted by molar-refractivity contribution is -0.114. The lowest BCUT2D eigenvalue weighted by atomic mass is 9.71. The molecule has 0 spiro atoms. The summed E-state index contributed by atoms with van der Waals surface area (Å²) in [6.07, 6.45) is 3.79. The largest absolute Gasteiger partial charge is 0.289 e. The van der Waals surface area contributed by atoms with Crippen LogP contribution in [0.5, 0.6) is 0 Å². The van der Waals surface area contributed by atoms with E-state index in [1.165, 1.54) is 0 Å². The van der Waals surface area contributed by atoms with Crippen molar-refractivity contribution in [3.63, 3.8) is 0 Å². The van der Waals surface area contributed by atoms with Crippen LogP contribution < -0.4 is 0 Å². The average molecular weight is 536 g/mol. The van der Waals surface area contributed by atoms with E-state index in [0.29, 0.717) is 32.6 Å². The zero-order valence-corrected chi connectivity index (χ0v) is 23.0. The van der Waals surface area contributed by atoms with Gasteiger partial charge in [-0.25, -0.2) is 0 Å². The fourth-order valence-corrected chi connectivity index (χ4v) is 4.52. The molecule has 0 bridgehead atoms. The second kappa shape index (κ2) is 9.99. The Morgan fingerprint density at radius 1 is 0.735 bits per heavy atom. The van der Waals surface area contributed by atoms with Crippen LogP contribution in [-0.4, -0.2) is 5.78 Å². The predicted molar refractivity (Wildman–Crippen MR) is 144 cm³/mol. The fraction of sp³-hybridized carbons (Fsp3) is 0.296. The predicted octanol–water partition coefficient (Wildman–Crippen LogP) is 10.3. The van der Waals surface area contributed by atoms with Gasteiger partial charge in [0.15, 0.2) is 5.78 Å². The number of azo groups is 1. The highest BCUT2D eigenvalue weighted by Gasteiger charge is 2.34. The molecule has 0 aromatic heterocycles. The Labute approximate surface area is 221 Å². The van der Waals surface area contributed by atoms with Crippen LogP contribution in [0.25, 0.3) is 5.70 Å². The van der Waals surface area contributed by atoms with Crippen LogP contribution in [0.4, 0.5) is 5.69 Å². The molecule has 0 amide bonds. The van der Waals surface area contributed by atoms with Gasteiger partial charge in [-0.1, -0.05) is 100 Å². The number of nitrogens with zero attached hydrogens (tertiary/aromatic N) is 2. The van der Waals surface area contributed by atoms with E-state index in [1.807, 2.05) is 65.8 Å². The molecule has 0 N–H and O–H groups in total. The summed E-state index contributed by atoms with van der Waals surface area (Å²) in [6, 6.07) is 10.4. The van der Waals surface area contributed by atoms with Crippen molar-refractivity contribution < 1.29 is 4.79 Å². The molecule has 2 aromatic carbocycles. The van der Waals surface area contributed by atoms with Crippen molar-refractivity contribution in [2.75, 3.05) is 0 Å². The van der Waals surface area contributed by atoms with Crippen molar-refractivity contribution in [2.45, 2.75) is 41.5 Å². The number of hydrogen-bond acceptors (Lipinski definition) is 3. The maximum atomic E-state index is 13.4. The van der Waals surface area contributed by atoms with Crippen LogP contribution in [0.2, 0.25) is 20.1 Å². The summed E-state index contributed by atoms with van der Waals surface area (Å²) in [4.78, 5) is 13.4. The Bertz CT molecular complexity index is 1200. The summed E-state index contributed by atoms with van der Waals surface area (Å²) in [5.74, 6) is 0.0416. The van der Waals surface area contributed by atoms with Crippen LogP contribution in [-0.2, 0) is 4.79 Å². The number of hydrogen-bond donors (Lipinski definition) is 0. The van der Waals surface area contributed by atoms with Gasteiger partial charge in [0.25, 0.3) is 0 Å². The van der Waals surface area contributed by atoms with E-state index < -0.39 is 0 Å². The van der Waals surface area contributed by atoms with Gasteiger partial charge in [0.1, 0.15) is 11.4 Å². The Morgan fingerprint density at radius 3 is 1.65 bits per heavy atom. The number of allylic oxidation sites excluding steroid dienone is 5. The molecule has 3 nitrogen and oxygen atoms in total. The van der Waals surface area contributed by atoms with Crippen LogP contribution in [0.15, 0.2) is 75.5 Å². The molecule has 3 rings (SSSR count). The topological polar surface area (TPSA) is 41.8 Å². The number of ketones is 1. The van der Waals surface area contributed by atoms with E-state index in [4.69, 9.17) is 46.4 Å². The highest BCUT2D eigenvalue weighted by atomic mass is 35.5. The second-order valence-corrected chi connectivity index (χ2v) is 11.9. The third kappa shape index (κ3) is 6.01. The average Bonchev–Trinajstić information content (AvgIpc) is 2.69. The third-order valence-corrected chi connectivity index (χ3v) is 6.37. The minimum Gasteiger partial charge on any atom is -0.289 e. The molecule has 178 valence electrons. The van der Waals surface area contributed by atoms with Gasteiger partial charge in [-0.2, -0.15) is 0 Å². The zero-order chi connectivity index (χ0) is 25.4. The van der Waals surface area contributed by atoms with E-state index >= 15 is 0 Å². The van der Waals surface area contributed by atoms with Crippen molar-refractivity contribution in [1.29, 1.82) is 0 Å². The van der Waals surface area contributed by atoms with Gasteiger partial charge in [-0.15, -0.1) is 10.2 Å². The highest BCUT2D eigenvalue weighted by molar-refractivity contribution is 6.41. The maximum Gasteiger partial charge on any atom is 0.186 e.